The van der Waals surface area contributed by atoms with Crippen molar-refractivity contribution in [1.29, 1.82) is 0 Å². The maximum atomic E-state index is 12.8. The van der Waals surface area contributed by atoms with Crippen molar-refractivity contribution in [3.8, 4) is 0 Å². The Hall–Kier alpha value is -0.570. The summed E-state index contributed by atoms with van der Waals surface area (Å²) in [6, 6.07) is 1.66. The van der Waals surface area contributed by atoms with Crippen molar-refractivity contribution in [3.05, 3.63) is 0 Å². The quantitative estimate of drug-likeness (QED) is 0.833. The van der Waals surface area contributed by atoms with Gasteiger partial charge in [0.1, 0.15) is 0 Å². The van der Waals surface area contributed by atoms with E-state index in [4.69, 9.17) is 0 Å². The number of hydrogen-bond acceptors (Lipinski definition) is 2. The van der Waals surface area contributed by atoms with Gasteiger partial charge in [-0.2, -0.15) is 0 Å². The molecule has 1 N–H and O–H groups in total. The summed E-state index contributed by atoms with van der Waals surface area (Å²) in [5.41, 5.74) is 0. The summed E-state index contributed by atoms with van der Waals surface area (Å²) < 4.78 is 0. The van der Waals surface area contributed by atoms with Gasteiger partial charge in [-0.15, -0.1) is 0 Å². The maximum Gasteiger partial charge on any atom is 0.227 e. The van der Waals surface area contributed by atoms with Gasteiger partial charge in [0.15, 0.2) is 0 Å². The number of rotatable bonds is 3. The number of carbonyl (C=O) groups is 1. The predicted octanol–water partition coefficient (Wildman–Crippen LogP) is 2.31. The summed E-state index contributed by atoms with van der Waals surface area (Å²) in [5, 5.41) is 3.59. The molecule has 1 aliphatic carbocycles. The molecule has 0 aromatic carbocycles. The van der Waals surface area contributed by atoms with E-state index in [1.165, 1.54) is 44.9 Å². The SMILES string of the molecule is CCN(C(=O)C1CC2CCC1N2)C1CCCCC1. The van der Waals surface area contributed by atoms with E-state index in [9.17, 15) is 4.79 Å². The number of nitrogens with one attached hydrogen (secondary N) is 1. The molecule has 18 heavy (non-hydrogen) atoms. The van der Waals surface area contributed by atoms with Crippen molar-refractivity contribution in [1.82, 2.24) is 10.2 Å². The molecule has 0 aromatic rings. The van der Waals surface area contributed by atoms with Gasteiger partial charge < -0.3 is 10.2 Å². The average molecular weight is 250 g/mol. The number of hydrogen-bond donors (Lipinski definition) is 1. The van der Waals surface area contributed by atoms with Gasteiger partial charge in [0, 0.05) is 24.7 Å². The molecule has 3 fully saturated rings. The highest BCUT2D eigenvalue weighted by Crippen LogP contribution is 2.35. The second-order valence-corrected chi connectivity index (χ2v) is 6.31. The van der Waals surface area contributed by atoms with Gasteiger partial charge in [-0.3, -0.25) is 4.79 Å². The number of fused-ring (bicyclic) bond motifs is 2. The van der Waals surface area contributed by atoms with Crippen LogP contribution in [0.5, 0.6) is 0 Å². The molecule has 3 unspecified atom stereocenters. The first-order chi connectivity index (χ1) is 8.79. The van der Waals surface area contributed by atoms with Crippen molar-refractivity contribution in [2.45, 2.75) is 76.4 Å². The van der Waals surface area contributed by atoms with E-state index in [1.54, 1.807) is 0 Å². The largest absolute Gasteiger partial charge is 0.340 e. The summed E-state index contributed by atoms with van der Waals surface area (Å²) in [6.45, 7) is 3.05. The Morgan fingerprint density at radius 2 is 1.94 bits per heavy atom. The zero-order valence-electron chi connectivity index (χ0n) is 11.5. The lowest BCUT2D eigenvalue weighted by molar-refractivity contribution is -0.139. The van der Waals surface area contributed by atoms with E-state index in [2.05, 4.69) is 17.1 Å². The van der Waals surface area contributed by atoms with Gasteiger partial charge in [-0.1, -0.05) is 19.3 Å². The van der Waals surface area contributed by atoms with Crippen LogP contribution in [0.4, 0.5) is 0 Å². The van der Waals surface area contributed by atoms with Gasteiger partial charge in [-0.25, -0.2) is 0 Å². The average Bonchev–Trinajstić information content (AvgIpc) is 3.03. The van der Waals surface area contributed by atoms with Crippen LogP contribution in [0.15, 0.2) is 0 Å². The van der Waals surface area contributed by atoms with Gasteiger partial charge in [-0.05, 0) is 39.0 Å². The molecule has 3 rings (SSSR count). The Kier molecular flexibility index (Phi) is 3.60. The first-order valence-corrected chi connectivity index (χ1v) is 7.86. The van der Waals surface area contributed by atoms with E-state index in [-0.39, 0.29) is 5.92 Å². The van der Waals surface area contributed by atoms with E-state index < -0.39 is 0 Å². The summed E-state index contributed by atoms with van der Waals surface area (Å²) in [5.74, 6) is 0.731. The summed E-state index contributed by atoms with van der Waals surface area (Å²) in [4.78, 5) is 15.0. The fourth-order valence-electron chi connectivity index (χ4n) is 4.30. The van der Waals surface area contributed by atoms with Crippen molar-refractivity contribution in [2.24, 2.45) is 5.92 Å². The van der Waals surface area contributed by atoms with Crippen LogP contribution in [0.3, 0.4) is 0 Å². The molecule has 0 radical (unpaired) electrons. The molecule has 3 aliphatic rings. The molecule has 2 aliphatic heterocycles. The van der Waals surface area contributed by atoms with E-state index >= 15 is 0 Å². The Balaban J connectivity index is 1.65. The normalized spacial score (nSPS) is 35.9. The summed E-state index contributed by atoms with van der Waals surface area (Å²) in [7, 11) is 0. The first kappa shape index (κ1) is 12.5. The van der Waals surface area contributed by atoms with Gasteiger partial charge in [0.25, 0.3) is 0 Å². The molecule has 1 amide bonds. The summed E-state index contributed by atoms with van der Waals surface area (Å²) >= 11 is 0. The summed E-state index contributed by atoms with van der Waals surface area (Å²) in [6.07, 6.45) is 10.0. The molecular weight excluding hydrogens is 224 g/mol. The predicted molar refractivity (Wildman–Crippen MR) is 72.3 cm³/mol. The van der Waals surface area contributed by atoms with Crippen molar-refractivity contribution < 1.29 is 4.79 Å². The van der Waals surface area contributed by atoms with Gasteiger partial charge in [0.05, 0.1) is 5.92 Å². The molecule has 2 saturated heterocycles. The van der Waals surface area contributed by atoms with Crippen LogP contribution in [0.25, 0.3) is 0 Å². The molecule has 1 saturated carbocycles. The highest BCUT2D eigenvalue weighted by Gasteiger charge is 2.44. The lowest BCUT2D eigenvalue weighted by Crippen LogP contribution is -2.46. The molecule has 2 bridgehead atoms. The zero-order chi connectivity index (χ0) is 12.5. The Morgan fingerprint density at radius 1 is 1.17 bits per heavy atom. The third kappa shape index (κ3) is 2.18. The van der Waals surface area contributed by atoms with Crippen molar-refractivity contribution in [2.75, 3.05) is 6.54 Å². The molecule has 3 heteroatoms. The molecule has 2 heterocycles. The minimum absolute atomic E-state index is 0.283. The van der Waals surface area contributed by atoms with Crippen LogP contribution in [0.2, 0.25) is 0 Å². The van der Waals surface area contributed by atoms with E-state index in [0.717, 1.165) is 13.0 Å². The molecule has 3 atom stereocenters. The molecule has 102 valence electrons. The number of carbonyl (C=O) groups excluding carboxylic acids is 1. The Morgan fingerprint density at radius 3 is 2.50 bits per heavy atom. The van der Waals surface area contributed by atoms with Gasteiger partial charge >= 0.3 is 0 Å². The van der Waals surface area contributed by atoms with Crippen molar-refractivity contribution >= 4 is 5.91 Å². The lowest BCUT2D eigenvalue weighted by Gasteiger charge is -2.36. The smallest absolute Gasteiger partial charge is 0.227 e. The fraction of sp³-hybridized carbons (Fsp3) is 0.933. The Labute approximate surface area is 110 Å². The third-order valence-electron chi connectivity index (χ3n) is 5.26. The van der Waals surface area contributed by atoms with E-state index in [0.29, 0.717) is 24.0 Å². The van der Waals surface area contributed by atoms with Crippen LogP contribution in [0.1, 0.15) is 58.3 Å². The topological polar surface area (TPSA) is 32.3 Å². The number of amides is 1. The maximum absolute atomic E-state index is 12.8. The second kappa shape index (κ2) is 5.20. The standard InChI is InChI=1S/C15H26N2O/c1-2-17(12-6-4-3-5-7-12)15(18)13-10-11-8-9-14(13)16-11/h11-14,16H,2-10H2,1H3. The molecule has 0 aromatic heterocycles. The monoisotopic (exact) mass is 250 g/mol. The minimum Gasteiger partial charge on any atom is -0.340 e. The first-order valence-electron chi connectivity index (χ1n) is 7.86. The molecule has 0 spiro atoms. The fourth-order valence-corrected chi connectivity index (χ4v) is 4.30. The van der Waals surface area contributed by atoms with Crippen LogP contribution >= 0.6 is 0 Å². The number of nitrogens with zero attached hydrogens (tertiary/aromatic N) is 1. The molecular formula is C15H26N2O. The van der Waals surface area contributed by atoms with Crippen molar-refractivity contribution in [3.63, 3.8) is 0 Å². The Bertz CT molecular complexity index is 312. The van der Waals surface area contributed by atoms with Gasteiger partial charge in [0.2, 0.25) is 5.91 Å². The van der Waals surface area contributed by atoms with Crippen LogP contribution in [-0.4, -0.2) is 35.5 Å². The third-order valence-corrected chi connectivity index (χ3v) is 5.26. The van der Waals surface area contributed by atoms with Crippen LogP contribution in [-0.2, 0) is 4.79 Å². The lowest BCUT2D eigenvalue weighted by atomic mass is 9.86. The van der Waals surface area contributed by atoms with Crippen LogP contribution < -0.4 is 5.32 Å². The van der Waals surface area contributed by atoms with Crippen LogP contribution in [0, 0.1) is 5.92 Å². The highest BCUT2D eigenvalue weighted by molar-refractivity contribution is 5.80. The molecule has 3 nitrogen and oxygen atoms in total. The zero-order valence-corrected chi connectivity index (χ0v) is 11.5. The van der Waals surface area contributed by atoms with E-state index in [1.807, 2.05) is 0 Å². The highest BCUT2D eigenvalue weighted by atomic mass is 16.2. The minimum atomic E-state index is 0.283. The second-order valence-electron chi connectivity index (χ2n) is 6.31.